The number of para-hydroxylation sites is 1. The molecule has 0 amide bonds. The van der Waals surface area contributed by atoms with E-state index in [0.29, 0.717) is 56.1 Å². The zero-order valence-corrected chi connectivity index (χ0v) is 35.9. The quantitative estimate of drug-likeness (QED) is 0.0365. The summed E-state index contributed by atoms with van der Waals surface area (Å²) in [5.74, 6) is -0.905. The normalized spacial score (nSPS) is 12.6. The second kappa shape index (κ2) is 18.2. The molecule has 5 N–H and O–H groups in total. The maximum absolute atomic E-state index is 12.5. The summed E-state index contributed by atoms with van der Waals surface area (Å²) in [6.45, 7) is 6.60. The lowest BCUT2D eigenvalue weighted by molar-refractivity contribution is 0.317. The van der Waals surface area contributed by atoms with Crippen LogP contribution in [0.1, 0.15) is 28.7 Å². The maximum atomic E-state index is 12.5. The maximum Gasteiger partial charge on any atom is 0.296 e. The van der Waals surface area contributed by atoms with Gasteiger partial charge in [-0.1, -0.05) is 18.2 Å². The summed E-state index contributed by atoms with van der Waals surface area (Å²) in [7, 11) is -13.5. The number of fused-ring (bicyclic) bond motifs is 1. The van der Waals surface area contributed by atoms with E-state index in [1.807, 2.05) is 30.3 Å². The highest BCUT2D eigenvalue weighted by Gasteiger charge is 2.23. The molecule has 0 radical (unpaired) electrons. The fourth-order valence-corrected chi connectivity index (χ4v) is 7.73. The molecule has 6 aromatic carbocycles. The van der Waals surface area contributed by atoms with Gasteiger partial charge in [0.05, 0.1) is 40.0 Å². The van der Waals surface area contributed by atoms with E-state index >= 15 is 0 Å². The fourth-order valence-electron chi connectivity index (χ4n) is 6.02. The summed E-state index contributed by atoms with van der Waals surface area (Å²) in [5, 5.41) is 40.6. The third-order valence-corrected chi connectivity index (χ3v) is 11.8. The number of benzene rings is 6. The number of phenolic OH excluding ortho intramolecular Hbond substituents is 1. The molecule has 0 spiro atoms. The van der Waals surface area contributed by atoms with E-state index in [1.54, 1.807) is 64.1 Å². The van der Waals surface area contributed by atoms with Crippen molar-refractivity contribution in [1.29, 1.82) is 0 Å². The van der Waals surface area contributed by atoms with Crippen LogP contribution in [0.2, 0.25) is 0 Å². The topological polar surface area (TPSA) is 279 Å². The predicted octanol–water partition coefficient (Wildman–Crippen LogP) is 10.9. The molecule has 322 valence electrons. The first kappa shape index (κ1) is 45.0. The molecule has 21 heteroatoms. The highest BCUT2D eigenvalue weighted by Crippen LogP contribution is 2.43. The van der Waals surface area contributed by atoms with E-state index in [-0.39, 0.29) is 34.7 Å². The van der Waals surface area contributed by atoms with Crippen LogP contribution in [0.15, 0.2) is 138 Å². The Morgan fingerprint density at radius 1 is 0.565 bits per heavy atom. The van der Waals surface area contributed by atoms with E-state index in [9.17, 15) is 44.0 Å². The van der Waals surface area contributed by atoms with Crippen molar-refractivity contribution in [3.63, 3.8) is 0 Å². The highest BCUT2D eigenvalue weighted by molar-refractivity contribution is 7.86. The smallest absolute Gasteiger partial charge is 0.296 e. The lowest BCUT2D eigenvalue weighted by Crippen LogP contribution is -2.08. The minimum atomic E-state index is -4.88. The molecular weight excluding hydrogens is 863 g/mol. The van der Waals surface area contributed by atoms with Gasteiger partial charge in [0.25, 0.3) is 30.4 Å². The number of nitrogens with one attached hydrogen (secondary N) is 1. The molecule has 0 aliphatic heterocycles. The molecule has 0 bridgehead atoms. The molecule has 0 fully saturated rings. The van der Waals surface area contributed by atoms with Gasteiger partial charge >= 0.3 is 0 Å². The molecule has 18 nitrogen and oxygen atoms in total. The van der Waals surface area contributed by atoms with Crippen molar-refractivity contribution in [2.45, 2.75) is 43.9 Å². The summed E-state index contributed by atoms with van der Waals surface area (Å²) in [6.07, 6.45) is -0.0519. The molecule has 6 aromatic rings. The zero-order chi connectivity index (χ0) is 45.0. The minimum absolute atomic E-state index is 0.0519. The first-order chi connectivity index (χ1) is 29.2. The van der Waals surface area contributed by atoms with Gasteiger partial charge in [0.1, 0.15) is 22.0 Å². The number of anilines is 2. The van der Waals surface area contributed by atoms with Crippen LogP contribution >= 0.6 is 0 Å². The molecular formula is C41H39N7O11S3. The lowest BCUT2D eigenvalue weighted by Gasteiger charge is -2.12. The molecule has 0 aliphatic carbocycles. The molecule has 0 aliphatic rings. The lowest BCUT2D eigenvalue weighted by atomic mass is 10.1. The van der Waals surface area contributed by atoms with Crippen molar-refractivity contribution in [3.8, 4) is 11.5 Å². The number of hydrogen-bond donors (Lipinski definition) is 5. The second-order valence-electron chi connectivity index (χ2n) is 14.0. The average Bonchev–Trinajstić information content (AvgIpc) is 3.19. The number of hydrogen-bond acceptors (Lipinski definition) is 15. The summed E-state index contributed by atoms with van der Waals surface area (Å²) >= 11 is 0. The Morgan fingerprint density at radius 3 is 1.73 bits per heavy atom. The van der Waals surface area contributed by atoms with Crippen LogP contribution in [-0.4, -0.2) is 56.4 Å². The predicted molar refractivity (Wildman–Crippen MR) is 232 cm³/mol. The van der Waals surface area contributed by atoms with Gasteiger partial charge in [0.15, 0.2) is 5.75 Å². The average molecular weight is 902 g/mol. The first-order valence-electron chi connectivity index (χ1n) is 18.4. The van der Waals surface area contributed by atoms with Crippen LogP contribution in [0.4, 0.5) is 45.5 Å². The molecule has 6 rings (SSSR count). The highest BCUT2D eigenvalue weighted by atomic mass is 32.2. The number of phenols is 1. The molecule has 0 saturated carbocycles. The van der Waals surface area contributed by atoms with Crippen molar-refractivity contribution in [2.24, 2.45) is 30.7 Å². The number of ether oxygens (including phenoxy) is 1. The Bertz CT molecular complexity index is 3140. The van der Waals surface area contributed by atoms with Gasteiger partial charge in [-0.3, -0.25) is 13.7 Å². The van der Waals surface area contributed by atoms with Crippen LogP contribution < -0.4 is 10.1 Å². The van der Waals surface area contributed by atoms with E-state index in [2.05, 4.69) is 36.0 Å². The van der Waals surface area contributed by atoms with Crippen molar-refractivity contribution in [1.82, 2.24) is 0 Å². The Morgan fingerprint density at radius 2 is 1.13 bits per heavy atom. The van der Waals surface area contributed by atoms with Gasteiger partial charge in [0.2, 0.25) is 0 Å². The van der Waals surface area contributed by atoms with E-state index < -0.39 is 52.4 Å². The monoisotopic (exact) mass is 901 g/mol. The van der Waals surface area contributed by atoms with Crippen molar-refractivity contribution in [2.75, 3.05) is 17.7 Å². The SMILES string of the molecule is Cc1cc(S(=O)(=O)O)ccc1N=Nc1cc(OCCCS(=O)(=O)O)c(N=Nc2cc(C)c(N=Nc3c(S(=O)(=O)O)cc4cc(Nc5ccccc5)ccc4c3O)cc2C)cc1C. The number of aryl methyl sites for hydroxylation is 4. The van der Waals surface area contributed by atoms with Gasteiger partial charge in [-0.25, -0.2) is 0 Å². The molecule has 0 heterocycles. The number of aromatic hydroxyl groups is 1. The van der Waals surface area contributed by atoms with Gasteiger partial charge in [-0.2, -0.15) is 45.7 Å². The summed E-state index contributed by atoms with van der Waals surface area (Å²) < 4.78 is 105. The van der Waals surface area contributed by atoms with Crippen LogP contribution in [0.3, 0.4) is 0 Å². The van der Waals surface area contributed by atoms with Crippen LogP contribution in [0.25, 0.3) is 10.8 Å². The number of nitrogens with zero attached hydrogens (tertiary/aromatic N) is 6. The first-order valence-corrected chi connectivity index (χ1v) is 22.9. The van der Waals surface area contributed by atoms with Gasteiger partial charge < -0.3 is 15.2 Å². The molecule has 0 aromatic heterocycles. The minimum Gasteiger partial charge on any atom is -0.505 e. The molecule has 0 unspecified atom stereocenters. The Labute approximate surface area is 357 Å². The summed E-state index contributed by atoms with van der Waals surface area (Å²) in [5.41, 5.74) is 4.61. The standard InChI is InChI=1S/C41H39N7O11S3/c1-24-17-31(61(53,54)55)12-14-33(24)43-45-36-23-38(59-15-8-16-60(50,51)52)37(20-27(36)4)47-44-34-18-26(3)35(19-25(34)2)46-48-40-39(62(56,57)58)22-28-21-30(11-13-32(28)41(40)49)42-29-9-6-5-7-10-29/h5-7,9-14,17-23,42,49H,8,15-16H2,1-4H3,(H,50,51,52)(H,53,54,55)(H,56,57,58). The molecule has 0 atom stereocenters. The second-order valence-corrected chi connectivity index (χ2v) is 18.4. The van der Waals surface area contributed by atoms with Crippen LogP contribution in [0.5, 0.6) is 11.5 Å². The van der Waals surface area contributed by atoms with Crippen LogP contribution in [-0.2, 0) is 30.4 Å². The van der Waals surface area contributed by atoms with E-state index in [0.717, 1.165) is 5.69 Å². The van der Waals surface area contributed by atoms with Crippen molar-refractivity contribution >= 4 is 86.6 Å². The largest absolute Gasteiger partial charge is 0.505 e. The summed E-state index contributed by atoms with van der Waals surface area (Å²) in [6, 6.07) is 25.6. The Balaban J connectivity index is 1.29. The molecule has 0 saturated heterocycles. The fraction of sp³-hybridized carbons (Fsp3) is 0.171. The van der Waals surface area contributed by atoms with Crippen molar-refractivity contribution in [3.05, 3.63) is 119 Å². The number of azo groups is 3. The zero-order valence-electron chi connectivity index (χ0n) is 33.4. The Hall–Kier alpha value is -6.49. The van der Waals surface area contributed by atoms with Crippen molar-refractivity contribution < 1.29 is 48.8 Å². The van der Waals surface area contributed by atoms with Gasteiger partial charge in [-0.15, -0.1) is 10.2 Å². The van der Waals surface area contributed by atoms with Gasteiger partial charge in [0, 0.05) is 22.8 Å². The van der Waals surface area contributed by atoms with E-state index in [1.165, 1.54) is 30.3 Å². The third kappa shape index (κ3) is 11.3. The van der Waals surface area contributed by atoms with E-state index in [4.69, 9.17) is 4.74 Å². The molecule has 62 heavy (non-hydrogen) atoms. The number of rotatable bonds is 15. The summed E-state index contributed by atoms with van der Waals surface area (Å²) in [4.78, 5) is -0.946. The van der Waals surface area contributed by atoms with Crippen LogP contribution in [0, 0.1) is 27.7 Å². The third-order valence-electron chi connectivity index (χ3n) is 9.24. The Kier molecular flexibility index (Phi) is 13.3. The van der Waals surface area contributed by atoms with Gasteiger partial charge in [-0.05, 0) is 135 Å².